The Hall–Kier alpha value is -2.69. The fourth-order valence-corrected chi connectivity index (χ4v) is 5.22. The number of aliphatic hydroxyl groups is 1. The van der Waals surface area contributed by atoms with Gasteiger partial charge in [-0.05, 0) is 72.5 Å². The summed E-state index contributed by atoms with van der Waals surface area (Å²) in [5, 5.41) is 30.7. The highest BCUT2D eigenvalue weighted by Crippen LogP contribution is 2.51. The summed E-state index contributed by atoms with van der Waals surface area (Å²) >= 11 is 0. The zero-order chi connectivity index (χ0) is 22.6. The van der Waals surface area contributed by atoms with Crippen LogP contribution < -0.4 is 0 Å². The molecule has 3 amide bonds. The lowest BCUT2D eigenvalue weighted by molar-refractivity contribution is -0.137. The third-order valence-electron chi connectivity index (χ3n) is 6.64. The van der Waals surface area contributed by atoms with Crippen LogP contribution >= 0.6 is 0 Å². The van der Waals surface area contributed by atoms with Crippen molar-refractivity contribution in [2.75, 3.05) is 13.7 Å². The van der Waals surface area contributed by atoms with E-state index in [9.17, 15) is 29.6 Å². The third kappa shape index (κ3) is 3.26. The van der Waals surface area contributed by atoms with Crippen LogP contribution in [0.1, 0.15) is 35.6 Å². The van der Waals surface area contributed by atoms with Gasteiger partial charge in [-0.25, -0.2) is 4.79 Å². The van der Waals surface area contributed by atoms with E-state index >= 15 is 0 Å². The number of aromatic hydroxyl groups is 1. The summed E-state index contributed by atoms with van der Waals surface area (Å²) in [4.78, 5) is 38.5. The minimum absolute atomic E-state index is 0.0631. The summed E-state index contributed by atoms with van der Waals surface area (Å²) in [5.74, 6) is -3.39. The van der Waals surface area contributed by atoms with E-state index in [1.165, 1.54) is 0 Å². The van der Waals surface area contributed by atoms with Gasteiger partial charge < -0.3 is 24.6 Å². The average Bonchev–Trinajstić information content (AvgIpc) is 3.00. The first-order valence-corrected chi connectivity index (χ1v) is 10.1. The normalized spacial score (nSPS) is 28.0. The molecule has 4 rings (SSSR count). The third-order valence-corrected chi connectivity index (χ3v) is 6.64. The molecule has 0 aromatic heterocycles. The van der Waals surface area contributed by atoms with Crippen LogP contribution in [0.2, 0.25) is 0 Å². The van der Waals surface area contributed by atoms with Crippen molar-refractivity contribution in [3.05, 3.63) is 39.9 Å². The maximum absolute atomic E-state index is 13.1. The molecule has 0 spiro atoms. The number of hydrogen-bond donors (Lipinski definition) is 3. The van der Waals surface area contributed by atoms with Gasteiger partial charge in [0, 0.05) is 0 Å². The number of aryl methyl sites for hydroxylation is 2. The number of hydrogen-bond acceptors (Lipinski definition) is 8. The Morgan fingerprint density at radius 2 is 1.87 bits per heavy atom. The van der Waals surface area contributed by atoms with Crippen molar-refractivity contribution in [2.45, 2.75) is 32.8 Å². The number of carbonyl (C=O) groups excluding carboxylic acids is 3. The van der Waals surface area contributed by atoms with Crippen molar-refractivity contribution >= 4 is 25.0 Å². The highest BCUT2D eigenvalue weighted by atomic mass is 16.5. The number of aliphatic hydroxyl groups excluding tert-OH is 1. The van der Waals surface area contributed by atoms with Crippen molar-refractivity contribution < 1.29 is 39.0 Å². The van der Waals surface area contributed by atoms with E-state index < -0.39 is 55.5 Å². The van der Waals surface area contributed by atoms with Gasteiger partial charge in [0.2, 0.25) is 11.8 Å². The largest absolute Gasteiger partial charge is 0.507 e. The van der Waals surface area contributed by atoms with Gasteiger partial charge in [0.05, 0.1) is 31.7 Å². The zero-order valence-corrected chi connectivity index (χ0v) is 17.5. The monoisotopic (exact) mass is 429 g/mol. The van der Waals surface area contributed by atoms with E-state index in [-0.39, 0.29) is 18.6 Å². The molecule has 2 heterocycles. The quantitative estimate of drug-likeness (QED) is 0.471. The summed E-state index contributed by atoms with van der Waals surface area (Å²) in [7, 11) is -0.270. The van der Waals surface area contributed by atoms with Crippen molar-refractivity contribution in [3.63, 3.8) is 0 Å². The summed E-state index contributed by atoms with van der Waals surface area (Å²) < 4.78 is 10.4. The van der Waals surface area contributed by atoms with Crippen LogP contribution in [0.4, 0.5) is 4.79 Å². The Labute approximate surface area is 179 Å². The Balaban J connectivity index is 1.75. The molecule has 2 fully saturated rings. The van der Waals surface area contributed by atoms with Crippen LogP contribution in [0.25, 0.3) is 0 Å². The average molecular weight is 429 g/mol. The minimum atomic E-state index is -1.36. The van der Waals surface area contributed by atoms with E-state index in [1.807, 2.05) is 0 Å². The molecular weight excluding hydrogens is 405 g/mol. The van der Waals surface area contributed by atoms with Crippen LogP contribution in [0.3, 0.4) is 0 Å². The fraction of sp³-hybridized carbons (Fsp3) is 0.476. The second-order valence-corrected chi connectivity index (χ2v) is 8.36. The molecule has 0 unspecified atom stereocenters. The first kappa shape index (κ1) is 21.5. The maximum Gasteiger partial charge on any atom is 0.487 e. The number of rotatable bonds is 2. The number of imide groups is 3. The molecule has 1 aliphatic carbocycles. The van der Waals surface area contributed by atoms with E-state index in [0.29, 0.717) is 27.1 Å². The first-order chi connectivity index (χ1) is 14.7. The van der Waals surface area contributed by atoms with Gasteiger partial charge in [-0.3, -0.25) is 9.59 Å². The maximum atomic E-state index is 13.1. The van der Waals surface area contributed by atoms with Crippen LogP contribution in [-0.4, -0.2) is 58.9 Å². The smallest absolute Gasteiger partial charge is 0.487 e. The van der Waals surface area contributed by atoms with Gasteiger partial charge in [-0.2, -0.15) is 4.90 Å². The summed E-state index contributed by atoms with van der Waals surface area (Å²) in [6.07, 6.45) is -1.30. The van der Waals surface area contributed by atoms with Crippen molar-refractivity contribution in [3.8, 4) is 5.75 Å². The Bertz CT molecular complexity index is 982. The lowest BCUT2D eigenvalue weighted by Crippen LogP contribution is -2.45. The predicted octanol–water partition coefficient (Wildman–Crippen LogP) is 1.17. The molecular formula is C21H24BNO8. The van der Waals surface area contributed by atoms with Gasteiger partial charge in [0.15, 0.2) is 0 Å². The van der Waals surface area contributed by atoms with Gasteiger partial charge in [0.25, 0.3) is 0 Å². The molecule has 9 nitrogen and oxygen atoms in total. The molecule has 3 aliphatic rings. The standard InChI is InChI=1S/C21H24BNO8/c1-9-4-11(5-10(2)18(9)25)15-7-13-16-14(6-12(8-24)17(13)22(29)31-15)19(26)23(20(16)27)21(28)30-3/h4-5,13-16,24-25,29H,6-8H2,1-3H3/t13-,14-,15-,16+/m0/s1. The Morgan fingerprint density at radius 1 is 1.23 bits per heavy atom. The molecule has 0 bridgehead atoms. The number of methoxy groups -OCH3 is 1. The summed E-state index contributed by atoms with van der Waals surface area (Å²) in [6, 6.07) is 3.51. The Kier molecular flexibility index (Phi) is 5.41. The lowest BCUT2D eigenvalue weighted by Gasteiger charge is -2.42. The molecule has 0 saturated carbocycles. The fourth-order valence-electron chi connectivity index (χ4n) is 5.22. The van der Waals surface area contributed by atoms with Gasteiger partial charge in [-0.15, -0.1) is 0 Å². The number of amides is 3. The van der Waals surface area contributed by atoms with Gasteiger partial charge in [0.1, 0.15) is 5.75 Å². The molecule has 2 aliphatic heterocycles. The van der Waals surface area contributed by atoms with Crippen LogP contribution in [0.5, 0.6) is 5.75 Å². The second kappa shape index (κ2) is 7.78. The molecule has 2 saturated heterocycles. The molecule has 1 aromatic carbocycles. The number of carbonyl (C=O) groups is 3. The van der Waals surface area contributed by atoms with E-state index in [4.69, 9.17) is 4.65 Å². The van der Waals surface area contributed by atoms with E-state index in [0.717, 1.165) is 12.7 Å². The number of phenolic OH excluding ortho intramolecular Hbond substituents is 1. The number of nitrogens with zero attached hydrogens (tertiary/aromatic N) is 1. The number of phenols is 1. The minimum Gasteiger partial charge on any atom is -0.507 e. The zero-order valence-electron chi connectivity index (χ0n) is 17.5. The van der Waals surface area contributed by atoms with Crippen molar-refractivity contribution in [2.24, 2.45) is 17.8 Å². The topological polar surface area (TPSA) is 134 Å². The van der Waals surface area contributed by atoms with Gasteiger partial charge >= 0.3 is 13.2 Å². The number of fused-ring (bicyclic) bond motifs is 3. The number of ether oxygens (including phenoxy) is 1. The molecule has 1 aromatic rings. The van der Waals surface area contributed by atoms with Gasteiger partial charge in [-0.1, -0.05) is 0 Å². The van der Waals surface area contributed by atoms with Crippen LogP contribution in [-0.2, 0) is 19.0 Å². The predicted molar refractivity (Wildman–Crippen MR) is 107 cm³/mol. The molecule has 4 atom stereocenters. The van der Waals surface area contributed by atoms with E-state index in [2.05, 4.69) is 4.74 Å². The summed E-state index contributed by atoms with van der Waals surface area (Å²) in [5.41, 5.74) is 2.87. The molecule has 0 radical (unpaired) electrons. The molecule has 31 heavy (non-hydrogen) atoms. The first-order valence-electron chi connectivity index (χ1n) is 10.1. The molecule has 164 valence electrons. The Morgan fingerprint density at radius 3 is 2.45 bits per heavy atom. The molecule has 10 heteroatoms. The SMILES string of the molecule is COC(=O)N1C(=O)[C@H]2[C@H](CC(CO)=C3B(O)O[C@H](c4cc(C)c(O)c(C)c4)C[C@H]32)C1=O. The molecule has 3 N–H and O–H groups in total. The summed E-state index contributed by atoms with van der Waals surface area (Å²) in [6.45, 7) is 3.12. The lowest BCUT2D eigenvalue weighted by atomic mass is 9.55. The van der Waals surface area contributed by atoms with Crippen molar-refractivity contribution in [1.82, 2.24) is 4.90 Å². The highest BCUT2D eigenvalue weighted by Gasteiger charge is 2.59. The highest BCUT2D eigenvalue weighted by molar-refractivity contribution is 6.53. The van der Waals surface area contributed by atoms with Crippen LogP contribution in [0.15, 0.2) is 23.2 Å². The second-order valence-electron chi connectivity index (χ2n) is 8.36. The van der Waals surface area contributed by atoms with Crippen LogP contribution in [0, 0.1) is 31.6 Å². The van der Waals surface area contributed by atoms with E-state index in [1.54, 1.807) is 26.0 Å². The number of allylic oxidation sites excluding steroid dienone is 1. The van der Waals surface area contributed by atoms with Crippen molar-refractivity contribution in [1.29, 1.82) is 0 Å². The number of benzene rings is 1. The number of likely N-dealkylation sites (tertiary alicyclic amines) is 1.